The molecule has 0 bridgehead atoms. The fourth-order valence-corrected chi connectivity index (χ4v) is 3.18. The smallest absolute Gasteiger partial charge is 0.220 e. The van der Waals surface area contributed by atoms with Gasteiger partial charge in [0.25, 0.3) is 0 Å². The summed E-state index contributed by atoms with van der Waals surface area (Å²) in [5.74, 6) is -0.846. The van der Waals surface area contributed by atoms with E-state index in [4.69, 9.17) is 5.73 Å². The first-order chi connectivity index (χ1) is 12.5. The van der Waals surface area contributed by atoms with Crippen molar-refractivity contribution >= 4 is 28.9 Å². The van der Waals surface area contributed by atoms with Crippen LogP contribution in [0.5, 0.6) is 0 Å². The third-order valence-electron chi connectivity index (χ3n) is 4.02. The second kappa shape index (κ2) is 9.82. The van der Waals surface area contributed by atoms with E-state index in [2.05, 4.69) is 10.3 Å². The van der Waals surface area contributed by atoms with E-state index in [1.807, 2.05) is 36.6 Å². The maximum Gasteiger partial charge on any atom is 0.220 e. The predicted molar refractivity (Wildman–Crippen MR) is 102 cm³/mol. The molecule has 0 fully saturated rings. The number of hydrogen-bond acceptors (Lipinski definition) is 5. The fourth-order valence-electron chi connectivity index (χ4n) is 2.54. The van der Waals surface area contributed by atoms with Gasteiger partial charge in [-0.15, -0.1) is 11.3 Å². The minimum atomic E-state index is -0.561. The lowest BCUT2D eigenvalue weighted by Gasteiger charge is -2.15. The molecule has 0 aliphatic carbocycles. The maximum absolute atomic E-state index is 12.1. The van der Waals surface area contributed by atoms with Crippen molar-refractivity contribution in [3.05, 3.63) is 41.4 Å². The van der Waals surface area contributed by atoms with Gasteiger partial charge in [-0.3, -0.25) is 14.4 Å². The van der Waals surface area contributed by atoms with Crippen LogP contribution in [-0.2, 0) is 20.8 Å². The molecule has 7 heteroatoms. The molecule has 26 heavy (non-hydrogen) atoms. The molecule has 6 nitrogen and oxygen atoms in total. The molecule has 2 amide bonds. The fraction of sp³-hybridized carbons (Fsp3) is 0.368. The highest BCUT2D eigenvalue weighted by Gasteiger charge is 2.19. The lowest BCUT2D eigenvalue weighted by Crippen LogP contribution is -2.40. The van der Waals surface area contributed by atoms with Crippen LogP contribution in [0.25, 0.3) is 10.6 Å². The summed E-state index contributed by atoms with van der Waals surface area (Å²) in [6, 6.07) is 7.40. The Morgan fingerprint density at radius 1 is 1.15 bits per heavy atom. The van der Waals surface area contributed by atoms with Crippen LogP contribution in [0.4, 0.5) is 0 Å². The highest BCUT2D eigenvalue weighted by Crippen LogP contribution is 2.22. The number of rotatable bonds is 10. The average Bonchev–Trinajstić information content (AvgIpc) is 3.17. The predicted octanol–water partition coefficient (Wildman–Crippen LogP) is 2.47. The molecule has 2 aromatic rings. The minimum Gasteiger partial charge on any atom is -0.370 e. The number of carbonyl (C=O) groups is 3. The Bertz CT molecular complexity index is 742. The zero-order valence-electron chi connectivity index (χ0n) is 14.7. The largest absolute Gasteiger partial charge is 0.370 e. The molecular formula is C19H23N3O3S. The van der Waals surface area contributed by atoms with Crippen LogP contribution in [0, 0.1) is 0 Å². The zero-order valence-corrected chi connectivity index (χ0v) is 15.6. The molecule has 0 saturated carbocycles. The molecule has 138 valence electrons. The number of amides is 2. The van der Waals surface area contributed by atoms with Crippen molar-refractivity contribution in [2.24, 2.45) is 5.73 Å². The van der Waals surface area contributed by atoms with Gasteiger partial charge in [0.05, 0.1) is 6.04 Å². The van der Waals surface area contributed by atoms with Crippen LogP contribution < -0.4 is 11.1 Å². The van der Waals surface area contributed by atoms with Crippen LogP contribution in [0.2, 0.25) is 0 Å². The van der Waals surface area contributed by atoms with Crippen LogP contribution >= 0.6 is 11.3 Å². The number of nitrogens with one attached hydrogen (secondary N) is 1. The molecule has 0 aliphatic rings. The summed E-state index contributed by atoms with van der Waals surface area (Å²) < 4.78 is 0. The van der Waals surface area contributed by atoms with Crippen molar-refractivity contribution < 1.29 is 14.4 Å². The van der Waals surface area contributed by atoms with E-state index in [9.17, 15) is 14.4 Å². The molecular weight excluding hydrogens is 350 g/mol. The van der Waals surface area contributed by atoms with Crippen molar-refractivity contribution in [1.82, 2.24) is 10.3 Å². The lowest BCUT2D eigenvalue weighted by molar-refractivity contribution is -0.128. The monoisotopic (exact) mass is 373 g/mol. The van der Waals surface area contributed by atoms with Crippen molar-refractivity contribution in [1.29, 1.82) is 0 Å². The standard InChI is InChI=1S/C19H23N3O3S/c1-2-15(16(23)8-9-17(20)24)22-18(25)10-5-13-3-6-14(7-4-13)19-21-11-12-26-19/h3-4,6-7,11-12,15H,2,5,8-10H2,1H3,(H2,20,24)(H,22,25)/t15-/m0/s1. The summed E-state index contributed by atoms with van der Waals surface area (Å²) in [6.45, 7) is 1.82. The molecule has 1 heterocycles. The Labute approximate surface area is 156 Å². The minimum absolute atomic E-state index is 0.0106. The van der Waals surface area contributed by atoms with Gasteiger partial charge in [-0.05, 0) is 18.4 Å². The average molecular weight is 373 g/mol. The topological polar surface area (TPSA) is 102 Å². The summed E-state index contributed by atoms with van der Waals surface area (Å²) in [4.78, 5) is 39.2. The highest BCUT2D eigenvalue weighted by atomic mass is 32.1. The first-order valence-corrected chi connectivity index (χ1v) is 9.46. The van der Waals surface area contributed by atoms with Crippen LogP contribution in [0.3, 0.4) is 0 Å². The molecule has 0 radical (unpaired) electrons. The number of ketones is 1. The zero-order chi connectivity index (χ0) is 18.9. The Kier molecular flexibility index (Phi) is 7.47. The molecule has 1 aromatic carbocycles. The number of nitrogens with zero attached hydrogens (tertiary/aromatic N) is 1. The van der Waals surface area contributed by atoms with Crippen molar-refractivity contribution in [3.8, 4) is 10.6 Å². The number of thiazole rings is 1. The van der Waals surface area contributed by atoms with E-state index in [1.165, 1.54) is 0 Å². The quantitative estimate of drug-likeness (QED) is 0.668. The maximum atomic E-state index is 12.1. The van der Waals surface area contributed by atoms with Gasteiger partial charge in [0.2, 0.25) is 11.8 Å². The Morgan fingerprint density at radius 3 is 2.46 bits per heavy atom. The van der Waals surface area contributed by atoms with Crippen LogP contribution in [0.15, 0.2) is 35.8 Å². The second-order valence-corrected chi connectivity index (χ2v) is 6.89. The van der Waals surface area contributed by atoms with Gasteiger partial charge in [-0.25, -0.2) is 4.98 Å². The van der Waals surface area contributed by atoms with E-state index in [-0.39, 0.29) is 24.5 Å². The normalized spacial score (nSPS) is 11.7. The lowest BCUT2D eigenvalue weighted by atomic mass is 10.0. The summed E-state index contributed by atoms with van der Waals surface area (Å²) in [7, 11) is 0. The van der Waals surface area contributed by atoms with Crippen LogP contribution in [0.1, 0.15) is 38.2 Å². The Hall–Kier alpha value is -2.54. The first-order valence-electron chi connectivity index (χ1n) is 8.58. The van der Waals surface area contributed by atoms with Crippen molar-refractivity contribution in [2.45, 2.75) is 45.1 Å². The highest BCUT2D eigenvalue weighted by molar-refractivity contribution is 7.13. The number of nitrogens with two attached hydrogens (primary N) is 1. The number of hydrogen-bond donors (Lipinski definition) is 2. The number of primary amides is 1. The molecule has 0 spiro atoms. The molecule has 1 atom stereocenters. The van der Waals surface area contributed by atoms with E-state index >= 15 is 0 Å². The Balaban J connectivity index is 1.81. The van der Waals surface area contributed by atoms with E-state index in [1.54, 1.807) is 17.5 Å². The van der Waals surface area contributed by atoms with Gasteiger partial charge in [0.1, 0.15) is 5.01 Å². The Morgan fingerprint density at radius 2 is 1.88 bits per heavy atom. The number of carbonyl (C=O) groups excluding carboxylic acids is 3. The third kappa shape index (κ3) is 6.07. The second-order valence-electron chi connectivity index (χ2n) is 6.00. The molecule has 2 rings (SSSR count). The van der Waals surface area contributed by atoms with Crippen LogP contribution in [-0.4, -0.2) is 28.6 Å². The summed E-state index contributed by atoms with van der Waals surface area (Å²) >= 11 is 1.58. The van der Waals surface area contributed by atoms with E-state index in [0.717, 1.165) is 16.1 Å². The number of aryl methyl sites for hydroxylation is 1. The number of Topliss-reactive ketones (excluding diaryl/α,β-unsaturated/α-hetero) is 1. The van der Waals surface area contributed by atoms with Gasteiger partial charge in [-0.1, -0.05) is 31.2 Å². The summed E-state index contributed by atoms with van der Waals surface area (Å²) in [6.07, 6.45) is 3.23. The summed E-state index contributed by atoms with van der Waals surface area (Å²) in [5, 5.41) is 5.65. The SMILES string of the molecule is CC[C@H](NC(=O)CCc1ccc(-c2nccs2)cc1)C(=O)CCC(N)=O. The molecule has 3 N–H and O–H groups in total. The van der Waals surface area contributed by atoms with E-state index < -0.39 is 11.9 Å². The molecule has 0 saturated heterocycles. The van der Waals surface area contributed by atoms with Gasteiger partial charge < -0.3 is 11.1 Å². The van der Waals surface area contributed by atoms with Crippen molar-refractivity contribution in [2.75, 3.05) is 0 Å². The third-order valence-corrected chi connectivity index (χ3v) is 4.85. The first kappa shape index (κ1) is 19.8. The van der Waals surface area contributed by atoms with Gasteiger partial charge in [0, 0.05) is 36.4 Å². The summed E-state index contributed by atoms with van der Waals surface area (Å²) in [5.41, 5.74) is 7.16. The number of benzene rings is 1. The van der Waals surface area contributed by atoms with Gasteiger partial charge >= 0.3 is 0 Å². The van der Waals surface area contributed by atoms with E-state index in [0.29, 0.717) is 19.3 Å². The molecule has 0 aliphatic heterocycles. The molecule has 1 aromatic heterocycles. The van der Waals surface area contributed by atoms with Crippen molar-refractivity contribution in [3.63, 3.8) is 0 Å². The van der Waals surface area contributed by atoms with Gasteiger partial charge in [0.15, 0.2) is 5.78 Å². The molecule has 0 unspecified atom stereocenters. The number of aromatic nitrogens is 1. The van der Waals surface area contributed by atoms with Gasteiger partial charge in [-0.2, -0.15) is 0 Å².